The van der Waals surface area contributed by atoms with Crippen molar-refractivity contribution in [2.24, 2.45) is 0 Å². The number of hydrogen-bond acceptors (Lipinski definition) is 4. The molecule has 0 bridgehead atoms. The molecule has 0 aliphatic rings. The zero-order valence-corrected chi connectivity index (χ0v) is 17.3. The van der Waals surface area contributed by atoms with Crippen LogP contribution in [0.4, 0.5) is 10.1 Å². The summed E-state index contributed by atoms with van der Waals surface area (Å²) in [5.74, 6) is -1.63. The minimum atomic E-state index is -0.605. The molecule has 0 radical (unpaired) electrons. The largest absolute Gasteiger partial charge is 0.346 e. The molecule has 0 saturated heterocycles. The van der Waals surface area contributed by atoms with Crippen molar-refractivity contribution in [2.45, 2.75) is 32.2 Å². The molecule has 2 aromatic carbocycles. The molecule has 31 heavy (non-hydrogen) atoms. The number of aryl methyl sites for hydroxylation is 1. The lowest BCUT2D eigenvalue weighted by molar-refractivity contribution is -0.129. The third kappa shape index (κ3) is 5.68. The molecular formula is C22H21ClFN3O4. The van der Waals surface area contributed by atoms with Crippen molar-refractivity contribution >= 4 is 40.0 Å². The Balaban J connectivity index is 1.86. The molecule has 0 fully saturated rings. The van der Waals surface area contributed by atoms with Crippen LogP contribution in [0.15, 0.2) is 53.5 Å². The first-order valence-electron chi connectivity index (χ1n) is 9.71. The molecule has 3 rings (SSSR count). The average Bonchev–Trinajstić information content (AvgIpc) is 2.76. The molecule has 1 heterocycles. The Morgan fingerprint density at radius 2 is 1.81 bits per heavy atom. The summed E-state index contributed by atoms with van der Waals surface area (Å²) >= 11 is 5.85. The first kappa shape index (κ1) is 22.5. The van der Waals surface area contributed by atoms with E-state index in [1.165, 1.54) is 18.3 Å². The number of benzene rings is 2. The van der Waals surface area contributed by atoms with E-state index in [4.69, 9.17) is 16.8 Å². The fraction of sp³-hybridized carbons (Fsp3) is 0.227. The zero-order valence-electron chi connectivity index (χ0n) is 16.5. The number of rotatable bonds is 8. The summed E-state index contributed by atoms with van der Waals surface area (Å²) in [6, 6.07) is 10.3. The van der Waals surface area contributed by atoms with E-state index in [1.54, 1.807) is 34.3 Å². The SMILES string of the molecule is O=C(CCCCCn1cc(C(=O)Nc2ccc(Cl)cc2)c(=O)c2cc(F)ccc21)NO. The van der Waals surface area contributed by atoms with Gasteiger partial charge in [0, 0.05) is 35.3 Å². The second kappa shape index (κ2) is 10.2. The summed E-state index contributed by atoms with van der Waals surface area (Å²) in [5, 5.41) is 11.8. The quantitative estimate of drug-likeness (QED) is 0.276. The third-order valence-corrected chi connectivity index (χ3v) is 5.07. The maximum Gasteiger partial charge on any atom is 0.261 e. The summed E-state index contributed by atoms with van der Waals surface area (Å²) < 4.78 is 15.5. The van der Waals surface area contributed by atoms with Crippen LogP contribution in [0.1, 0.15) is 36.0 Å². The topological polar surface area (TPSA) is 100 Å². The Hall–Kier alpha value is -3.23. The molecule has 1 aromatic heterocycles. The Kier molecular flexibility index (Phi) is 7.38. The third-order valence-electron chi connectivity index (χ3n) is 4.82. The molecule has 0 saturated carbocycles. The van der Waals surface area contributed by atoms with Gasteiger partial charge in [0.15, 0.2) is 0 Å². The number of carbonyl (C=O) groups excluding carboxylic acids is 2. The van der Waals surface area contributed by atoms with Gasteiger partial charge in [-0.25, -0.2) is 9.87 Å². The minimum absolute atomic E-state index is 0.104. The van der Waals surface area contributed by atoms with E-state index in [9.17, 15) is 18.8 Å². The Bertz CT molecular complexity index is 1160. The smallest absolute Gasteiger partial charge is 0.261 e. The highest BCUT2D eigenvalue weighted by Crippen LogP contribution is 2.17. The lowest BCUT2D eigenvalue weighted by Gasteiger charge is -2.14. The molecule has 2 amide bonds. The lowest BCUT2D eigenvalue weighted by atomic mass is 10.1. The van der Waals surface area contributed by atoms with Crippen LogP contribution in [-0.4, -0.2) is 21.6 Å². The zero-order chi connectivity index (χ0) is 22.4. The molecule has 162 valence electrons. The van der Waals surface area contributed by atoms with Crippen LogP contribution in [0, 0.1) is 5.82 Å². The molecule has 3 aromatic rings. The van der Waals surface area contributed by atoms with E-state index >= 15 is 0 Å². The molecule has 0 spiro atoms. The molecule has 0 aliphatic carbocycles. The maximum atomic E-state index is 13.8. The molecule has 0 atom stereocenters. The molecule has 9 heteroatoms. The lowest BCUT2D eigenvalue weighted by Crippen LogP contribution is -2.24. The summed E-state index contributed by atoms with van der Waals surface area (Å²) in [6.07, 6.45) is 3.58. The van der Waals surface area contributed by atoms with Crippen molar-refractivity contribution in [3.8, 4) is 0 Å². The highest BCUT2D eigenvalue weighted by molar-refractivity contribution is 6.30. The standard InChI is InChI=1S/C22H21ClFN3O4/c23-14-5-8-16(9-6-14)25-22(30)18-13-27(11-3-1-2-4-20(28)26-31)19-10-7-15(24)12-17(19)21(18)29/h5-10,12-13,31H,1-4,11H2,(H,25,30)(H,26,28). The Labute approximate surface area is 182 Å². The van der Waals surface area contributed by atoms with Crippen molar-refractivity contribution in [1.82, 2.24) is 10.0 Å². The number of fused-ring (bicyclic) bond motifs is 1. The number of hydroxylamine groups is 1. The van der Waals surface area contributed by atoms with Crippen molar-refractivity contribution in [1.29, 1.82) is 0 Å². The van der Waals surface area contributed by atoms with Gasteiger partial charge in [0.05, 0.1) is 5.52 Å². The Morgan fingerprint density at radius 3 is 2.52 bits per heavy atom. The van der Waals surface area contributed by atoms with Gasteiger partial charge in [-0.2, -0.15) is 0 Å². The van der Waals surface area contributed by atoms with Crippen LogP contribution in [0.2, 0.25) is 5.02 Å². The maximum absolute atomic E-state index is 13.8. The summed E-state index contributed by atoms with van der Waals surface area (Å²) in [4.78, 5) is 36.7. The molecule has 3 N–H and O–H groups in total. The normalized spacial score (nSPS) is 10.8. The second-order valence-corrected chi connectivity index (χ2v) is 7.47. The van der Waals surface area contributed by atoms with E-state index in [2.05, 4.69) is 5.32 Å². The number of unbranched alkanes of at least 4 members (excludes halogenated alkanes) is 2. The monoisotopic (exact) mass is 445 g/mol. The second-order valence-electron chi connectivity index (χ2n) is 7.03. The van der Waals surface area contributed by atoms with Crippen LogP contribution < -0.4 is 16.2 Å². The first-order valence-corrected chi connectivity index (χ1v) is 10.1. The van der Waals surface area contributed by atoms with Crippen LogP contribution >= 0.6 is 11.6 Å². The summed E-state index contributed by atoms with van der Waals surface area (Å²) in [6.45, 7) is 0.463. The predicted octanol–water partition coefficient (Wildman–Crippen LogP) is 4.11. The van der Waals surface area contributed by atoms with Crippen molar-refractivity contribution < 1.29 is 19.2 Å². The van der Waals surface area contributed by atoms with Gasteiger partial charge in [-0.3, -0.25) is 19.6 Å². The summed E-state index contributed by atoms with van der Waals surface area (Å²) in [5.41, 5.74) is 1.91. The highest BCUT2D eigenvalue weighted by Gasteiger charge is 2.16. The van der Waals surface area contributed by atoms with Gasteiger partial charge in [-0.1, -0.05) is 18.0 Å². The van der Waals surface area contributed by atoms with Crippen LogP contribution in [-0.2, 0) is 11.3 Å². The Morgan fingerprint density at radius 1 is 1.06 bits per heavy atom. The molecule has 0 unspecified atom stereocenters. The number of halogens is 2. The number of nitrogens with one attached hydrogen (secondary N) is 2. The van der Waals surface area contributed by atoms with E-state index in [-0.39, 0.29) is 17.4 Å². The van der Waals surface area contributed by atoms with Gasteiger partial charge in [-0.15, -0.1) is 0 Å². The van der Waals surface area contributed by atoms with Crippen LogP contribution in [0.25, 0.3) is 10.9 Å². The van der Waals surface area contributed by atoms with Crippen molar-refractivity contribution in [2.75, 3.05) is 5.32 Å². The van der Waals surface area contributed by atoms with Gasteiger partial charge in [0.1, 0.15) is 11.4 Å². The average molecular weight is 446 g/mol. The van der Waals surface area contributed by atoms with Gasteiger partial charge in [0.25, 0.3) is 5.91 Å². The number of pyridine rings is 1. The van der Waals surface area contributed by atoms with Crippen molar-refractivity contribution in [3.05, 3.63) is 75.3 Å². The van der Waals surface area contributed by atoms with Gasteiger partial charge < -0.3 is 9.88 Å². The predicted molar refractivity (Wildman–Crippen MR) is 116 cm³/mol. The van der Waals surface area contributed by atoms with E-state index in [0.717, 1.165) is 6.07 Å². The van der Waals surface area contributed by atoms with E-state index in [0.29, 0.717) is 42.0 Å². The van der Waals surface area contributed by atoms with Crippen LogP contribution in [0.3, 0.4) is 0 Å². The van der Waals surface area contributed by atoms with Crippen LogP contribution in [0.5, 0.6) is 0 Å². The van der Waals surface area contributed by atoms with Gasteiger partial charge >= 0.3 is 0 Å². The van der Waals surface area contributed by atoms with Gasteiger partial charge in [-0.05, 0) is 55.3 Å². The fourth-order valence-electron chi connectivity index (χ4n) is 3.25. The molecule has 0 aliphatic heterocycles. The first-order chi connectivity index (χ1) is 14.9. The van der Waals surface area contributed by atoms with Crippen molar-refractivity contribution in [3.63, 3.8) is 0 Å². The van der Waals surface area contributed by atoms with Gasteiger partial charge in [0.2, 0.25) is 11.3 Å². The highest BCUT2D eigenvalue weighted by atomic mass is 35.5. The fourth-order valence-corrected chi connectivity index (χ4v) is 3.37. The minimum Gasteiger partial charge on any atom is -0.346 e. The molecular weight excluding hydrogens is 425 g/mol. The number of aromatic nitrogens is 1. The number of anilines is 1. The van der Waals surface area contributed by atoms with E-state index < -0.39 is 23.1 Å². The molecule has 7 nitrogen and oxygen atoms in total. The number of amides is 2. The summed E-state index contributed by atoms with van der Waals surface area (Å²) in [7, 11) is 0. The number of carbonyl (C=O) groups is 2. The number of hydrogen-bond donors (Lipinski definition) is 3. The number of nitrogens with zero attached hydrogens (tertiary/aromatic N) is 1. The van der Waals surface area contributed by atoms with E-state index in [1.807, 2.05) is 0 Å².